The van der Waals surface area contributed by atoms with Crippen molar-refractivity contribution in [2.24, 2.45) is 0 Å². The third-order valence-corrected chi connectivity index (χ3v) is 3.21. The summed E-state index contributed by atoms with van der Waals surface area (Å²) in [6.45, 7) is 0. The van der Waals surface area contributed by atoms with Crippen molar-refractivity contribution in [2.75, 3.05) is 0 Å². The van der Waals surface area contributed by atoms with Crippen LogP contribution >= 0.6 is 11.6 Å². The summed E-state index contributed by atoms with van der Waals surface area (Å²) in [6, 6.07) is 1.77. The van der Waals surface area contributed by atoms with Gasteiger partial charge in [0, 0.05) is 23.7 Å². The van der Waals surface area contributed by atoms with E-state index in [1.54, 1.807) is 18.5 Å². The zero-order valence-corrected chi connectivity index (χ0v) is 9.98. The Morgan fingerprint density at radius 3 is 2.53 bits per heavy atom. The van der Waals surface area contributed by atoms with Crippen LogP contribution in [0, 0.1) is 0 Å². The highest BCUT2D eigenvalue weighted by Gasteiger charge is 2.17. The van der Waals surface area contributed by atoms with E-state index in [9.17, 15) is 0 Å². The molecule has 0 saturated heterocycles. The molecule has 2 heterocycles. The maximum Gasteiger partial charge on any atom is 0.199 e. The highest BCUT2D eigenvalue weighted by atomic mass is 35.5. The Labute approximate surface area is 104 Å². The van der Waals surface area contributed by atoms with Crippen molar-refractivity contribution in [1.29, 1.82) is 0 Å². The lowest BCUT2D eigenvalue weighted by atomic mass is 9.97. The van der Waals surface area contributed by atoms with Gasteiger partial charge in [-0.3, -0.25) is 0 Å². The molecule has 0 fully saturated rings. The molecule has 0 amide bonds. The van der Waals surface area contributed by atoms with Gasteiger partial charge in [0.2, 0.25) is 0 Å². The van der Waals surface area contributed by atoms with Gasteiger partial charge < -0.3 is 0 Å². The van der Waals surface area contributed by atoms with E-state index in [4.69, 9.17) is 11.6 Å². The predicted octanol–water partition coefficient (Wildman–Crippen LogP) is 2.47. The van der Waals surface area contributed by atoms with E-state index in [0.29, 0.717) is 16.8 Å². The van der Waals surface area contributed by atoms with Crippen LogP contribution in [0.2, 0.25) is 5.15 Å². The van der Waals surface area contributed by atoms with Crippen molar-refractivity contribution >= 4 is 11.6 Å². The second-order valence-electron chi connectivity index (χ2n) is 4.04. The molecule has 86 valence electrons. The molecule has 4 nitrogen and oxygen atoms in total. The Morgan fingerprint density at radius 2 is 1.71 bits per heavy atom. The molecule has 5 heteroatoms. The summed E-state index contributed by atoms with van der Waals surface area (Å²) < 4.78 is 0. The first-order valence-corrected chi connectivity index (χ1v) is 6.05. The molecule has 1 aliphatic rings. The Kier molecular flexibility index (Phi) is 2.73. The fraction of sp³-hybridized carbons (Fsp3) is 0.333. The number of hydrogen-bond donors (Lipinski definition) is 0. The van der Waals surface area contributed by atoms with Crippen LogP contribution in [-0.4, -0.2) is 19.9 Å². The van der Waals surface area contributed by atoms with Gasteiger partial charge in [0.15, 0.2) is 11.6 Å². The number of fused-ring (bicyclic) bond motifs is 1. The summed E-state index contributed by atoms with van der Waals surface area (Å²) in [4.78, 5) is 17.1. The van der Waals surface area contributed by atoms with E-state index in [1.165, 1.54) is 0 Å². The van der Waals surface area contributed by atoms with Crippen molar-refractivity contribution in [3.63, 3.8) is 0 Å². The minimum atomic E-state index is 0.524. The summed E-state index contributed by atoms with van der Waals surface area (Å²) in [6.07, 6.45) is 7.63. The molecule has 0 radical (unpaired) electrons. The largest absolute Gasteiger partial charge is 0.234 e. The number of aryl methyl sites for hydroxylation is 1. The lowest BCUT2D eigenvalue weighted by Crippen LogP contribution is -2.09. The second-order valence-corrected chi connectivity index (χ2v) is 4.40. The number of nitrogens with zero attached hydrogens (tertiary/aromatic N) is 4. The molecule has 0 unspecified atom stereocenters. The average Bonchev–Trinajstić information content (AvgIpc) is 2.40. The Balaban J connectivity index is 2.11. The molecule has 2 aromatic heterocycles. The first-order valence-electron chi connectivity index (χ1n) is 5.67. The van der Waals surface area contributed by atoms with Crippen molar-refractivity contribution in [3.05, 3.63) is 34.9 Å². The minimum absolute atomic E-state index is 0.524. The van der Waals surface area contributed by atoms with Gasteiger partial charge in [0.05, 0.1) is 0 Å². The molecule has 0 saturated carbocycles. The quantitative estimate of drug-likeness (QED) is 0.726. The first kappa shape index (κ1) is 10.6. The maximum atomic E-state index is 6.19. The van der Waals surface area contributed by atoms with Gasteiger partial charge in [-0.25, -0.2) is 19.9 Å². The molecule has 0 bridgehead atoms. The van der Waals surface area contributed by atoms with Crippen molar-refractivity contribution in [1.82, 2.24) is 19.9 Å². The minimum Gasteiger partial charge on any atom is -0.234 e. The van der Waals surface area contributed by atoms with Gasteiger partial charge in [0.1, 0.15) is 5.15 Å². The lowest BCUT2D eigenvalue weighted by Gasteiger charge is -2.15. The molecule has 0 atom stereocenters. The number of rotatable bonds is 1. The van der Waals surface area contributed by atoms with Gasteiger partial charge in [-0.1, -0.05) is 11.6 Å². The predicted molar refractivity (Wildman–Crippen MR) is 64.7 cm³/mol. The Hall–Kier alpha value is -1.55. The van der Waals surface area contributed by atoms with Crippen LogP contribution in [0.3, 0.4) is 0 Å². The first-order chi connectivity index (χ1) is 8.34. The van der Waals surface area contributed by atoms with Gasteiger partial charge in [-0.15, -0.1) is 0 Å². The lowest BCUT2D eigenvalue weighted by molar-refractivity contribution is 0.663. The fourth-order valence-electron chi connectivity index (χ4n) is 2.06. The van der Waals surface area contributed by atoms with Gasteiger partial charge >= 0.3 is 0 Å². The summed E-state index contributed by atoms with van der Waals surface area (Å²) in [5, 5.41) is 0.553. The van der Waals surface area contributed by atoms with Crippen LogP contribution in [0.4, 0.5) is 0 Å². The van der Waals surface area contributed by atoms with E-state index in [0.717, 1.165) is 36.9 Å². The summed E-state index contributed by atoms with van der Waals surface area (Å²) >= 11 is 6.19. The highest BCUT2D eigenvalue weighted by Crippen LogP contribution is 2.26. The molecule has 0 aromatic carbocycles. The van der Waals surface area contributed by atoms with Crippen LogP contribution in [-0.2, 0) is 12.8 Å². The van der Waals surface area contributed by atoms with Gasteiger partial charge in [-0.05, 0) is 31.7 Å². The van der Waals surface area contributed by atoms with Crippen LogP contribution < -0.4 is 0 Å². The normalized spacial score (nSPS) is 14.4. The smallest absolute Gasteiger partial charge is 0.199 e. The van der Waals surface area contributed by atoms with Crippen molar-refractivity contribution in [2.45, 2.75) is 25.7 Å². The zero-order valence-electron chi connectivity index (χ0n) is 9.23. The summed E-state index contributed by atoms with van der Waals surface area (Å²) in [5.74, 6) is 1.05. The van der Waals surface area contributed by atoms with Crippen LogP contribution in [0.1, 0.15) is 24.1 Å². The molecular weight excluding hydrogens is 236 g/mol. The molecule has 1 aliphatic carbocycles. The topological polar surface area (TPSA) is 51.6 Å². The summed E-state index contributed by atoms with van der Waals surface area (Å²) in [5.41, 5.74) is 2.15. The van der Waals surface area contributed by atoms with Crippen molar-refractivity contribution in [3.8, 4) is 11.6 Å². The third kappa shape index (κ3) is 2.00. The number of hydrogen-bond acceptors (Lipinski definition) is 4. The average molecular weight is 247 g/mol. The molecule has 17 heavy (non-hydrogen) atoms. The third-order valence-electron chi connectivity index (χ3n) is 2.90. The fourth-order valence-corrected chi connectivity index (χ4v) is 2.35. The molecule has 0 N–H and O–H groups in total. The molecule has 3 rings (SSSR count). The number of aromatic nitrogens is 4. The van der Waals surface area contributed by atoms with E-state index in [2.05, 4.69) is 19.9 Å². The molecular formula is C12H11ClN4. The number of halogens is 1. The SMILES string of the molecule is Clc1nc(-c2ncccn2)nc2c1CCCC2. The van der Waals surface area contributed by atoms with E-state index >= 15 is 0 Å². The van der Waals surface area contributed by atoms with E-state index < -0.39 is 0 Å². The van der Waals surface area contributed by atoms with E-state index in [-0.39, 0.29) is 0 Å². The van der Waals surface area contributed by atoms with Crippen molar-refractivity contribution < 1.29 is 0 Å². The monoisotopic (exact) mass is 246 g/mol. The van der Waals surface area contributed by atoms with Gasteiger partial charge in [-0.2, -0.15) is 0 Å². The molecule has 0 aliphatic heterocycles. The van der Waals surface area contributed by atoms with E-state index in [1.807, 2.05) is 0 Å². The molecule has 2 aromatic rings. The van der Waals surface area contributed by atoms with Gasteiger partial charge in [0.25, 0.3) is 0 Å². The zero-order chi connectivity index (χ0) is 11.7. The highest BCUT2D eigenvalue weighted by molar-refractivity contribution is 6.30. The standard InChI is InChI=1S/C12H11ClN4/c13-10-8-4-1-2-5-9(8)16-12(17-10)11-14-6-3-7-15-11/h3,6-7H,1-2,4-5H2. The van der Waals surface area contributed by atoms with Crippen LogP contribution in [0.5, 0.6) is 0 Å². The Bertz CT molecular complexity index is 542. The van der Waals surface area contributed by atoms with Crippen LogP contribution in [0.25, 0.3) is 11.6 Å². The maximum absolute atomic E-state index is 6.19. The Morgan fingerprint density at radius 1 is 0.941 bits per heavy atom. The molecule has 0 spiro atoms. The summed E-state index contributed by atoms with van der Waals surface area (Å²) in [7, 11) is 0. The van der Waals surface area contributed by atoms with Crippen LogP contribution in [0.15, 0.2) is 18.5 Å². The second kappa shape index (κ2) is 4.37.